The van der Waals surface area contributed by atoms with Crippen LogP contribution in [-0.2, 0) is 9.59 Å². The maximum atomic E-state index is 11.9. The second kappa shape index (κ2) is 2.49. The van der Waals surface area contributed by atoms with Gasteiger partial charge in [-0.3, -0.25) is 9.59 Å². The van der Waals surface area contributed by atoms with Gasteiger partial charge in [-0.15, -0.1) is 0 Å². The van der Waals surface area contributed by atoms with Crippen molar-refractivity contribution in [3.8, 4) is 0 Å². The van der Waals surface area contributed by atoms with Crippen LogP contribution in [0.15, 0.2) is 23.8 Å². The molecule has 0 unspecified atom stereocenters. The monoisotopic (exact) mass is 202 g/mol. The minimum absolute atomic E-state index is 0.0822. The van der Waals surface area contributed by atoms with Gasteiger partial charge in [-0.2, -0.15) is 0 Å². The van der Waals surface area contributed by atoms with Gasteiger partial charge in [0, 0.05) is 18.3 Å². The van der Waals surface area contributed by atoms with Gasteiger partial charge in [0.15, 0.2) is 5.78 Å². The minimum Gasteiger partial charge on any atom is -0.299 e. The van der Waals surface area contributed by atoms with Gasteiger partial charge in [0.25, 0.3) is 0 Å². The molecule has 0 amide bonds. The molecule has 78 valence electrons. The van der Waals surface area contributed by atoms with Crippen LogP contribution in [0.3, 0.4) is 0 Å². The number of Topliss-reactive ketones (excluding diaryl/α,β-unsaturated/α-hetero) is 1. The van der Waals surface area contributed by atoms with E-state index in [9.17, 15) is 9.59 Å². The zero-order valence-corrected chi connectivity index (χ0v) is 8.99. The normalized spacial score (nSPS) is 47.1. The summed E-state index contributed by atoms with van der Waals surface area (Å²) in [6, 6.07) is 0. The average molecular weight is 202 g/mol. The first-order valence-corrected chi connectivity index (χ1v) is 5.47. The zero-order chi connectivity index (χ0) is 10.8. The molecule has 0 saturated heterocycles. The fraction of sp³-hybridized carbons (Fsp3) is 0.538. The highest BCUT2D eigenvalue weighted by Gasteiger charge is 2.56. The maximum absolute atomic E-state index is 11.9. The van der Waals surface area contributed by atoms with Crippen LogP contribution >= 0.6 is 0 Å². The lowest BCUT2D eigenvalue weighted by molar-refractivity contribution is -0.137. The van der Waals surface area contributed by atoms with Crippen LogP contribution in [0, 0.1) is 23.2 Å². The number of ketones is 2. The van der Waals surface area contributed by atoms with Gasteiger partial charge in [0.2, 0.25) is 0 Å². The van der Waals surface area contributed by atoms with Gasteiger partial charge in [0.05, 0.1) is 0 Å². The fourth-order valence-electron chi connectivity index (χ4n) is 3.71. The SMILES string of the molecule is CC1=C[C@@]2(C)CC(=O)[C@@H]1[C@H]1C(=O)C=C[C@H]12. The van der Waals surface area contributed by atoms with Crippen molar-refractivity contribution < 1.29 is 9.59 Å². The van der Waals surface area contributed by atoms with E-state index in [2.05, 4.69) is 13.0 Å². The van der Waals surface area contributed by atoms with Crippen molar-refractivity contribution in [2.24, 2.45) is 23.2 Å². The third kappa shape index (κ3) is 0.947. The molecule has 4 aliphatic rings. The third-order valence-corrected chi connectivity index (χ3v) is 4.25. The first-order valence-electron chi connectivity index (χ1n) is 5.47. The van der Waals surface area contributed by atoms with Crippen molar-refractivity contribution >= 4 is 11.6 Å². The van der Waals surface area contributed by atoms with Crippen LogP contribution in [0.25, 0.3) is 0 Å². The molecule has 2 nitrogen and oxygen atoms in total. The Kier molecular flexibility index (Phi) is 1.51. The second-order valence-corrected chi connectivity index (χ2v) is 5.33. The summed E-state index contributed by atoms with van der Waals surface area (Å²) in [7, 11) is 0. The first kappa shape index (κ1) is 9.08. The number of rotatable bonds is 0. The third-order valence-electron chi connectivity index (χ3n) is 4.25. The number of hydrogen-bond acceptors (Lipinski definition) is 2. The first-order chi connectivity index (χ1) is 7.03. The number of hydrogen-bond donors (Lipinski definition) is 0. The molecular formula is C13H14O2. The molecule has 1 fully saturated rings. The molecule has 2 heteroatoms. The maximum Gasteiger partial charge on any atom is 0.160 e. The molecular weight excluding hydrogens is 188 g/mol. The second-order valence-electron chi connectivity index (χ2n) is 5.33. The highest BCUT2D eigenvalue weighted by molar-refractivity contribution is 6.02. The Bertz CT molecular complexity index is 430. The summed E-state index contributed by atoms with van der Waals surface area (Å²) >= 11 is 0. The van der Waals surface area contributed by atoms with E-state index in [-0.39, 0.29) is 34.7 Å². The largest absolute Gasteiger partial charge is 0.299 e. The molecule has 15 heavy (non-hydrogen) atoms. The molecule has 1 saturated carbocycles. The van der Waals surface area contributed by atoms with E-state index in [1.54, 1.807) is 6.08 Å². The summed E-state index contributed by atoms with van der Waals surface area (Å²) in [6.07, 6.45) is 6.50. The van der Waals surface area contributed by atoms with Crippen LogP contribution in [0.2, 0.25) is 0 Å². The lowest BCUT2D eigenvalue weighted by atomic mass is 9.53. The Morgan fingerprint density at radius 1 is 1.40 bits per heavy atom. The van der Waals surface area contributed by atoms with E-state index >= 15 is 0 Å². The Balaban J connectivity index is 2.19. The molecule has 0 aromatic rings. The van der Waals surface area contributed by atoms with E-state index in [1.165, 1.54) is 0 Å². The van der Waals surface area contributed by atoms with Gasteiger partial charge in [0.1, 0.15) is 5.78 Å². The summed E-state index contributed by atoms with van der Waals surface area (Å²) in [6.45, 7) is 4.09. The standard InChI is InChI=1S/C13H14O2/c1-7-5-13(2)6-10(15)11(7)12-8(13)3-4-9(12)14/h3-5,8,11-12H,6H2,1-2H3/t8-,11-,12-,13+/m1/s1. The number of fused-ring (bicyclic) bond motifs is 1. The van der Waals surface area contributed by atoms with Gasteiger partial charge < -0.3 is 0 Å². The van der Waals surface area contributed by atoms with E-state index in [0.29, 0.717) is 6.42 Å². The predicted octanol–water partition coefficient (Wildman–Crippen LogP) is 1.91. The molecule has 4 aliphatic carbocycles. The van der Waals surface area contributed by atoms with Crippen molar-refractivity contribution in [3.63, 3.8) is 0 Å². The predicted molar refractivity (Wildman–Crippen MR) is 56.1 cm³/mol. The summed E-state index contributed by atoms with van der Waals surface area (Å²) in [4.78, 5) is 23.7. The Morgan fingerprint density at radius 2 is 2.13 bits per heavy atom. The average Bonchev–Trinajstić information content (AvgIpc) is 2.47. The number of carbonyl (C=O) groups excluding carboxylic acids is 2. The Labute approximate surface area is 89.0 Å². The summed E-state index contributed by atoms with van der Waals surface area (Å²) in [5.74, 6) is 0.462. The summed E-state index contributed by atoms with van der Waals surface area (Å²) in [5, 5.41) is 0. The fourth-order valence-corrected chi connectivity index (χ4v) is 3.71. The zero-order valence-electron chi connectivity index (χ0n) is 8.99. The topological polar surface area (TPSA) is 34.1 Å². The van der Waals surface area contributed by atoms with Crippen LogP contribution in [0.1, 0.15) is 20.3 Å². The highest BCUT2D eigenvalue weighted by Crippen LogP contribution is 2.56. The van der Waals surface area contributed by atoms with Gasteiger partial charge in [-0.25, -0.2) is 0 Å². The van der Waals surface area contributed by atoms with E-state index in [1.807, 2.05) is 13.0 Å². The van der Waals surface area contributed by atoms with Crippen LogP contribution in [-0.4, -0.2) is 11.6 Å². The lowest BCUT2D eigenvalue weighted by Gasteiger charge is -2.48. The van der Waals surface area contributed by atoms with Crippen molar-refractivity contribution in [2.75, 3.05) is 0 Å². The smallest absolute Gasteiger partial charge is 0.160 e. The highest BCUT2D eigenvalue weighted by atomic mass is 16.1. The van der Waals surface area contributed by atoms with Crippen molar-refractivity contribution in [2.45, 2.75) is 20.3 Å². The molecule has 0 spiro atoms. The van der Waals surface area contributed by atoms with E-state index in [0.717, 1.165) is 5.57 Å². The van der Waals surface area contributed by atoms with Crippen LogP contribution in [0.4, 0.5) is 0 Å². The molecule has 4 atom stereocenters. The van der Waals surface area contributed by atoms with E-state index < -0.39 is 0 Å². The number of allylic oxidation sites excluding steroid dienone is 4. The van der Waals surface area contributed by atoms with Crippen LogP contribution < -0.4 is 0 Å². The van der Waals surface area contributed by atoms with Crippen molar-refractivity contribution in [1.29, 1.82) is 0 Å². The van der Waals surface area contributed by atoms with Crippen molar-refractivity contribution in [1.82, 2.24) is 0 Å². The molecule has 0 heterocycles. The molecule has 0 N–H and O–H groups in total. The molecule has 4 rings (SSSR count). The Hall–Kier alpha value is -1.18. The number of carbonyl (C=O) groups is 2. The molecule has 0 aromatic carbocycles. The Morgan fingerprint density at radius 3 is 2.80 bits per heavy atom. The molecule has 0 radical (unpaired) electrons. The molecule has 2 bridgehead atoms. The molecule has 0 aliphatic heterocycles. The molecule has 0 aromatic heterocycles. The van der Waals surface area contributed by atoms with Gasteiger partial charge in [-0.05, 0) is 24.3 Å². The van der Waals surface area contributed by atoms with Crippen molar-refractivity contribution in [3.05, 3.63) is 23.8 Å². The van der Waals surface area contributed by atoms with Gasteiger partial charge in [-0.1, -0.05) is 24.6 Å². The van der Waals surface area contributed by atoms with E-state index in [4.69, 9.17) is 0 Å². The summed E-state index contributed by atoms with van der Waals surface area (Å²) < 4.78 is 0. The van der Waals surface area contributed by atoms with Gasteiger partial charge >= 0.3 is 0 Å². The quantitative estimate of drug-likeness (QED) is 0.562. The van der Waals surface area contributed by atoms with Crippen LogP contribution in [0.5, 0.6) is 0 Å². The minimum atomic E-state index is -0.126. The summed E-state index contributed by atoms with van der Waals surface area (Å²) in [5.41, 5.74) is 0.996. The lowest BCUT2D eigenvalue weighted by Crippen LogP contribution is -2.50.